The zero-order valence-corrected chi connectivity index (χ0v) is 17.4. The van der Waals surface area contributed by atoms with Crippen LogP contribution in [0, 0.1) is 5.82 Å². The average molecular weight is 418 g/mol. The molecular weight excluding hydrogens is 393 g/mol. The molecule has 0 bridgehead atoms. The van der Waals surface area contributed by atoms with Crippen molar-refractivity contribution in [3.05, 3.63) is 54.0 Å². The van der Waals surface area contributed by atoms with E-state index in [1.165, 1.54) is 23.9 Å². The normalized spacial score (nSPS) is 12.3. The van der Waals surface area contributed by atoms with Crippen LogP contribution in [0.25, 0.3) is 11.6 Å². The average Bonchev–Trinajstić information content (AvgIpc) is 3.35. The summed E-state index contributed by atoms with van der Waals surface area (Å²) in [5, 5.41) is 11.9. The Kier molecular flexibility index (Phi) is 7.05. The van der Waals surface area contributed by atoms with Crippen molar-refractivity contribution in [1.82, 2.24) is 25.0 Å². The zero-order chi connectivity index (χ0) is 20.8. The number of likely N-dealkylation sites (N-methyl/N-ethyl adjacent to an activating group) is 1. The SMILES string of the molecule is CCn1c(SCC(=O)NCC(c2cccc(F)c2)N(C)C)nnc1-c1ccco1. The van der Waals surface area contributed by atoms with E-state index in [1.54, 1.807) is 18.4 Å². The van der Waals surface area contributed by atoms with Gasteiger partial charge in [0.05, 0.1) is 18.1 Å². The van der Waals surface area contributed by atoms with E-state index in [1.807, 2.05) is 42.6 Å². The molecule has 1 amide bonds. The highest BCUT2D eigenvalue weighted by molar-refractivity contribution is 7.99. The van der Waals surface area contributed by atoms with Crippen molar-refractivity contribution in [3.8, 4) is 11.6 Å². The highest BCUT2D eigenvalue weighted by Crippen LogP contribution is 2.24. The minimum absolute atomic E-state index is 0.121. The predicted octanol–water partition coefficient (Wildman–Crippen LogP) is 3.21. The first-order chi connectivity index (χ1) is 14.0. The van der Waals surface area contributed by atoms with E-state index in [9.17, 15) is 9.18 Å². The van der Waals surface area contributed by atoms with Crippen molar-refractivity contribution >= 4 is 17.7 Å². The van der Waals surface area contributed by atoms with Gasteiger partial charge in [-0.1, -0.05) is 23.9 Å². The largest absolute Gasteiger partial charge is 0.461 e. The lowest BCUT2D eigenvalue weighted by Gasteiger charge is -2.25. The number of nitrogens with one attached hydrogen (secondary N) is 1. The lowest BCUT2D eigenvalue weighted by molar-refractivity contribution is -0.118. The van der Waals surface area contributed by atoms with Gasteiger partial charge in [0.15, 0.2) is 16.7 Å². The molecule has 0 aliphatic carbocycles. The number of carbonyl (C=O) groups excluding carboxylic acids is 1. The first kappa shape index (κ1) is 21.1. The van der Waals surface area contributed by atoms with Crippen LogP contribution in [-0.2, 0) is 11.3 Å². The lowest BCUT2D eigenvalue weighted by atomic mass is 10.1. The molecule has 0 saturated heterocycles. The maximum absolute atomic E-state index is 13.5. The molecule has 1 N–H and O–H groups in total. The highest BCUT2D eigenvalue weighted by atomic mass is 32.2. The molecular formula is C20H24FN5O2S. The van der Waals surface area contributed by atoms with Gasteiger partial charge in [0, 0.05) is 13.1 Å². The van der Waals surface area contributed by atoms with Gasteiger partial charge in [-0.25, -0.2) is 4.39 Å². The molecule has 2 heterocycles. The Labute approximate surface area is 173 Å². The molecule has 154 valence electrons. The number of thioether (sulfide) groups is 1. The third-order valence-corrected chi connectivity index (χ3v) is 5.42. The highest BCUT2D eigenvalue weighted by Gasteiger charge is 2.18. The quantitative estimate of drug-likeness (QED) is 0.539. The van der Waals surface area contributed by atoms with Crippen LogP contribution in [-0.4, -0.2) is 52.0 Å². The summed E-state index contributed by atoms with van der Waals surface area (Å²) in [4.78, 5) is 14.3. The molecule has 0 radical (unpaired) electrons. The van der Waals surface area contributed by atoms with E-state index >= 15 is 0 Å². The Morgan fingerprint density at radius 1 is 1.31 bits per heavy atom. The summed E-state index contributed by atoms with van der Waals surface area (Å²) < 4.78 is 20.8. The molecule has 0 fully saturated rings. The summed E-state index contributed by atoms with van der Waals surface area (Å²) in [6, 6.07) is 9.93. The van der Waals surface area contributed by atoms with Crippen molar-refractivity contribution in [2.75, 3.05) is 26.4 Å². The summed E-state index contributed by atoms with van der Waals surface area (Å²) in [5.74, 6) is 1.07. The minimum atomic E-state index is -0.289. The maximum Gasteiger partial charge on any atom is 0.230 e. The molecule has 29 heavy (non-hydrogen) atoms. The molecule has 1 atom stereocenters. The molecule has 0 aliphatic heterocycles. The third kappa shape index (κ3) is 5.24. The fourth-order valence-corrected chi connectivity index (χ4v) is 3.80. The third-order valence-electron chi connectivity index (χ3n) is 4.46. The van der Waals surface area contributed by atoms with Gasteiger partial charge in [-0.3, -0.25) is 9.36 Å². The summed E-state index contributed by atoms with van der Waals surface area (Å²) in [6.45, 7) is 3.03. The van der Waals surface area contributed by atoms with Crippen molar-refractivity contribution in [2.45, 2.75) is 24.7 Å². The second kappa shape index (κ2) is 9.71. The summed E-state index contributed by atoms with van der Waals surface area (Å²) in [7, 11) is 3.80. The van der Waals surface area contributed by atoms with Gasteiger partial charge in [0.2, 0.25) is 5.91 Å². The van der Waals surface area contributed by atoms with Crippen LogP contribution in [0.2, 0.25) is 0 Å². The van der Waals surface area contributed by atoms with Crippen LogP contribution in [0.15, 0.2) is 52.2 Å². The van der Waals surface area contributed by atoms with E-state index in [0.717, 1.165) is 5.56 Å². The van der Waals surface area contributed by atoms with E-state index in [0.29, 0.717) is 29.8 Å². The van der Waals surface area contributed by atoms with Gasteiger partial charge in [-0.15, -0.1) is 10.2 Å². The Bertz CT molecular complexity index is 942. The number of aromatic nitrogens is 3. The van der Waals surface area contributed by atoms with E-state index in [2.05, 4.69) is 15.5 Å². The number of halogens is 1. The number of benzene rings is 1. The molecule has 0 aliphatic rings. The first-order valence-corrected chi connectivity index (χ1v) is 10.3. The van der Waals surface area contributed by atoms with E-state index < -0.39 is 0 Å². The number of hydrogen-bond acceptors (Lipinski definition) is 6. The fourth-order valence-electron chi connectivity index (χ4n) is 2.97. The monoisotopic (exact) mass is 417 g/mol. The van der Waals surface area contributed by atoms with Crippen LogP contribution in [0.5, 0.6) is 0 Å². The standard InChI is InChI=1S/C20H24FN5O2S/c1-4-26-19(17-9-6-10-28-17)23-24-20(26)29-13-18(27)22-12-16(25(2)3)14-7-5-8-15(21)11-14/h5-11,16H,4,12-13H2,1-3H3,(H,22,27). The van der Waals surface area contributed by atoms with Crippen LogP contribution in [0.4, 0.5) is 4.39 Å². The molecule has 2 aromatic heterocycles. The van der Waals surface area contributed by atoms with Crippen molar-refractivity contribution < 1.29 is 13.6 Å². The number of furan rings is 1. The van der Waals surface area contributed by atoms with Crippen molar-refractivity contribution in [2.24, 2.45) is 0 Å². The first-order valence-electron chi connectivity index (χ1n) is 9.28. The molecule has 3 rings (SSSR count). The van der Waals surface area contributed by atoms with Gasteiger partial charge in [0.1, 0.15) is 5.82 Å². The molecule has 1 aromatic carbocycles. The number of carbonyl (C=O) groups is 1. The summed E-state index contributed by atoms with van der Waals surface area (Å²) >= 11 is 1.32. The lowest BCUT2D eigenvalue weighted by Crippen LogP contribution is -2.35. The molecule has 0 spiro atoms. The zero-order valence-electron chi connectivity index (χ0n) is 16.6. The van der Waals surface area contributed by atoms with Crippen LogP contribution in [0.1, 0.15) is 18.5 Å². The van der Waals surface area contributed by atoms with Gasteiger partial charge >= 0.3 is 0 Å². The molecule has 7 nitrogen and oxygen atoms in total. The minimum Gasteiger partial charge on any atom is -0.461 e. The number of nitrogens with zero attached hydrogens (tertiary/aromatic N) is 4. The maximum atomic E-state index is 13.5. The van der Waals surface area contributed by atoms with Gasteiger partial charge in [-0.05, 0) is 50.8 Å². The Morgan fingerprint density at radius 2 is 2.14 bits per heavy atom. The second-order valence-corrected chi connectivity index (χ2v) is 7.60. The van der Waals surface area contributed by atoms with Crippen LogP contribution in [0.3, 0.4) is 0 Å². The summed E-state index contributed by atoms with van der Waals surface area (Å²) in [5.41, 5.74) is 0.816. The van der Waals surface area contributed by atoms with E-state index in [-0.39, 0.29) is 23.5 Å². The Balaban J connectivity index is 1.58. The smallest absolute Gasteiger partial charge is 0.230 e. The van der Waals surface area contributed by atoms with Gasteiger partial charge < -0.3 is 14.6 Å². The van der Waals surface area contributed by atoms with E-state index in [4.69, 9.17) is 4.42 Å². The van der Waals surface area contributed by atoms with Crippen LogP contribution >= 0.6 is 11.8 Å². The van der Waals surface area contributed by atoms with Gasteiger partial charge in [0.25, 0.3) is 0 Å². The number of amides is 1. The molecule has 1 unspecified atom stereocenters. The molecule has 9 heteroatoms. The number of rotatable bonds is 9. The second-order valence-electron chi connectivity index (χ2n) is 6.65. The summed E-state index contributed by atoms with van der Waals surface area (Å²) in [6.07, 6.45) is 1.59. The Hall–Kier alpha value is -2.65. The number of hydrogen-bond donors (Lipinski definition) is 1. The molecule has 3 aromatic rings. The Morgan fingerprint density at radius 3 is 2.79 bits per heavy atom. The van der Waals surface area contributed by atoms with Crippen LogP contribution < -0.4 is 5.32 Å². The van der Waals surface area contributed by atoms with Gasteiger partial charge in [-0.2, -0.15) is 0 Å². The fraction of sp³-hybridized carbons (Fsp3) is 0.350. The predicted molar refractivity (Wildman–Crippen MR) is 110 cm³/mol. The van der Waals surface area contributed by atoms with Crippen molar-refractivity contribution in [3.63, 3.8) is 0 Å². The topological polar surface area (TPSA) is 76.2 Å². The molecule has 0 saturated carbocycles. The van der Waals surface area contributed by atoms with Crippen molar-refractivity contribution in [1.29, 1.82) is 0 Å².